The van der Waals surface area contributed by atoms with E-state index in [4.69, 9.17) is 4.74 Å². The molecule has 1 atom stereocenters. The molecule has 1 aromatic carbocycles. The molecule has 0 radical (unpaired) electrons. The highest BCUT2D eigenvalue weighted by atomic mass is 16.5. The van der Waals surface area contributed by atoms with Gasteiger partial charge in [0.2, 0.25) is 0 Å². The van der Waals surface area contributed by atoms with Crippen LogP contribution in [-0.4, -0.2) is 57.0 Å². The van der Waals surface area contributed by atoms with Crippen molar-refractivity contribution in [2.24, 2.45) is 4.99 Å². The van der Waals surface area contributed by atoms with Crippen LogP contribution >= 0.6 is 0 Å². The molecule has 0 saturated carbocycles. The summed E-state index contributed by atoms with van der Waals surface area (Å²) in [4.78, 5) is 13.6. The van der Waals surface area contributed by atoms with Crippen molar-refractivity contribution < 1.29 is 4.74 Å². The third-order valence-electron chi connectivity index (χ3n) is 5.44. The summed E-state index contributed by atoms with van der Waals surface area (Å²) >= 11 is 0. The molecule has 160 valence electrons. The minimum absolute atomic E-state index is 0.278. The van der Waals surface area contributed by atoms with Gasteiger partial charge in [0.1, 0.15) is 18.3 Å². The first-order chi connectivity index (χ1) is 14.7. The normalized spacial score (nSPS) is 16.6. The van der Waals surface area contributed by atoms with Gasteiger partial charge < -0.3 is 19.9 Å². The molecule has 9 heteroatoms. The molecule has 0 fully saturated rings. The fourth-order valence-electron chi connectivity index (χ4n) is 3.98. The maximum Gasteiger partial charge on any atom is 0.191 e. The van der Waals surface area contributed by atoms with Gasteiger partial charge in [0.15, 0.2) is 11.8 Å². The molecule has 2 aromatic heterocycles. The number of guanidine groups is 1. The molecule has 2 N–H and O–H groups in total. The SMILES string of the molecule is CN=C(NCCCn1c(C)nc2ccccc21)NC1CCc2nc(COC)nn2C1. The molecule has 3 aromatic rings. The topological polar surface area (TPSA) is 94.2 Å². The van der Waals surface area contributed by atoms with Crippen LogP contribution in [0.3, 0.4) is 0 Å². The number of methoxy groups -OCH3 is 1. The van der Waals surface area contributed by atoms with Crippen LogP contribution in [0.25, 0.3) is 11.0 Å². The minimum atomic E-state index is 0.278. The lowest BCUT2D eigenvalue weighted by atomic mass is 10.1. The van der Waals surface area contributed by atoms with E-state index in [9.17, 15) is 0 Å². The van der Waals surface area contributed by atoms with Crippen LogP contribution in [0.1, 0.15) is 30.3 Å². The molecule has 30 heavy (non-hydrogen) atoms. The number of aryl methyl sites for hydroxylation is 3. The maximum absolute atomic E-state index is 5.14. The third kappa shape index (κ3) is 4.46. The van der Waals surface area contributed by atoms with Crippen LogP contribution in [-0.2, 0) is 30.9 Å². The summed E-state index contributed by atoms with van der Waals surface area (Å²) in [6.07, 6.45) is 2.89. The van der Waals surface area contributed by atoms with Crippen LogP contribution in [0.5, 0.6) is 0 Å². The third-order valence-corrected chi connectivity index (χ3v) is 5.44. The molecule has 0 spiro atoms. The van der Waals surface area contributed by atoms with E-state index in [1.54, 1.807) is 7.11 Å². The van der Waals surface area contributed by atoms with Gasteiger partial charge >= 0.3 is 0 Å². The Morgan fingerprint density at radius 2 is 2.17 bits per heavy atom. The van der Waals surface area contributed by atoms with Gasteiger partial charge in [-0.2, -0.15) is 5.10 Å². The van der Waals surface area contributed by atoms with Gasteiger partial charge in [-0.15, -0.1) is 0 Å². The average Bonchev–Trinajstić information content (AvgIpc) is 3.29. The molecule has 1 unspecified atom stereocenters. The molecule has 4 rings (SSSR count). The van der Waals surface area contributed by atoms with E-state index in [2.05, 4.69) is 60.4 Å². The molecular weight excluding hydrogens is 380 g/mol. The molecule has 1 aliphatic heterocycles. The van der Waals surface area contributed by atoms with Crippen molar-refractivity contribution in [1.29, 1.82) is 0 Å². The number of benzene rings is 1. The van der Waals surface area contributed by atoms with Crippen LogP contribution in [0.15, 0.2) is 29.3 Å². The Morgan fingerprint density at radius 3 is 3.00 bits per heavy atom. The van der Waals surface area contributed by atoms with Gasteiger partial charge in [-0.1, -0.05) is 12.1 Å². The summed E-state index contributed by atoms with van der Waals surface area (Å²) < 4.78 is 9.40. The molecule has 1 aliphatic rings. The number of nitrogens with zero attached hydrogens (tertiary/aromatic N) is 6. The zero-order valence-electron chi connectivity index (χ0n) is 17.9. The van der Waals surface area contributed by atoms with Gasteiger partial charge in [-0.3, -0.25) is 4.99 Å². The molecule has 0 amide bonds. The predicted octanol–water partition coefficient (Wildman–Crippen LogP) is 1.65. The number of fused-ring (bicyclic) bond motifs is 2. The number of aromatic nitrogens is 5. The van der Waals surface area contributed by atoms with E-state index in [0.717, 1.165) is 67.8 Å². The van der Waals surface area contributed by atoms with Crippen LogP contribution < -0.4 is 10.6 Å². The molecule has 3 heterocycles. The number of imidazole rings is 1. The Labute approximate surface area is 176 Å². The molecule has 0 bridgehead atoms. The predicted molar refractivity (Wildman–Crippen MR) is 116 cm³/mol. The number of nitrogens with one attached hydrogen (secondary N) is 2. The number of aliphatic imine (C=N–C) groups is 1. The van der Waals surface area contributed by atoms with Crippen molar-refractivity contribution in [3.8, 4) is 0 Å². The number of hydrogen-bond acceptors (Lipinski definition) is 5. The van der Waals surface area contributed by atoms with E-state index in [1.165, 1.54) is 5.52 Å². The number of hydrogen-bond donors (Lipinski definition) is 2. The van der Waals surface area contributed by atoms with Crippen molar-refractivity contribution in [1.82, 2.24) is 34.9 Å². The fourth-order valence-corrected chi connectivity index (χ4v) is 3.98. The Morgan fingerprint density at radius 1 is 1.30 bits per heavy atom. The summed E-state index contributed by atoms with van der Waals surface area (Å²) in [6.45, 7) is 5.06. The monoisotopic (exact) mass is 410 g/mol. The largest absolute Gasteiger partial charge is 0.377 e. The second kappa shape index (κ2) is 9.25. The van der Waals surface area contributed by atoms with Crippen molar-refractivity contribution in [3.63, 3.8) is 0 Å². The standard InChI is InChI=1S/C21H30N8O/c1-15-24-17-7-4-5-8-18(17)28(15)12-6-11-23-21(22-2)25-16-9-10-20-26-19(14-30-3)27-29(20)13-16/h4-5,7-8,16H,6,9-14H2,1-3H3,(H2,22,23,25). The molecule has 0 saturated heterocycles. The van der Waals surface area contributed by atoms with E-state index < -0.39 is 0 Å². The Kier molecular flexibility index (Phi) is 6.27. The lowest BCUT2D eigenvalue weighted by molar-refractivity contribution is 0.177. The van der Waals surface area contributed by atoms with Gasteiger partial charge in [0.25, 0.3) is 0 Å². The minimum Gasteiger partial charge on any atom is -0.377 e. The summed E-state index contributed by atoms with van der Waals surface area (Å²) in [5.74, 6) is 3.66. The zero-order chi connectivity index (χ0) is 20.9. The van der Waals surface area contributed by atoms with Gasteiger partial charge in [-0.05, 0) is 31.9 Å². The van der Waals surface area contributed by atoms with Crippen molar-refractivity contribution in [3.05, 3.63) is 41.7 Å². The quantitative estimate of drug-likeness (QED) is 0.349. The second-order valence-electron chi connectivity index (χ2n) is 7.59. The highest BCUT2D eigenvalue weighted by Crippen LogP contribution is 2.16. The van der Waals surface area contributed by atoms with Crippen molar-refractivity contribution in [2.45, 2.75) is 51.9 Å². The van der Waals surface area contributed by atoms with E-state index in [-0.39, 0.29) is 6.04 Å². The molecule has 9 nitrogen and oxygen atoms in total. The summed E-state index contributed by atoms with van der Waals surface area (Å²) in [7, 11) is 3.47. The first-order valence-electron chi connectivity index (χ1n) is 10.5. The highest BCUT2D eigenvalue weighted by molar-refractivity contribution is 5.80. The zero-order valence-corrected chi connectivity index (χ0v) is 17.9. The van der Waals surface area contributed by atoms with Crippen LogP contribution in [0.4, 0.5) is 0 Å². The summed E-state index contributed by atoms with van der Waals surface area (Å²) in [5, 5.41) is 11.5. The van der Waals surface area contributed by atoms with E-state index in [0.29, 0.717) is 6.61 Å². The van der Waals surface area contributed by atoms with E-state index >= 15 is 0 Å². The van der Waals surface area contributed by atoms with Gasteiger partial charge in [0.05, 0.1) is 17.6 Å². The summed E-state index contributed by atoms with van der Waals surface area (Å²) in [6, 6.07) is 8.56. The Balaban J connectivity index is 1.26. The lowest BCUT2D eigenvalue weighted by Gasteiger charge is -2.25. The number of rotatable bonds is 7. The molecule has 0 aliphatic carbocycles. The fraction of sp³-hybridized carbons (Fsp3) is 0.524. The summed E-state index contributed by atoms with van der Waals surface area (Å²) in [5.41, 5.74) is 2.25. The second-order valence-corrected chi connectivity index (χ2v) is 7.59. The van der Waals surface area contributed by atoms with Crippen molar-refractivity contribution >= 4 is 17.0 Å². The smallest absolute Gasteiger partial charge is 0.191 e. The van der Waals surface area contributed by atoms with Gasteiger partial charge in [0, 0.05) is 39.7 Å². The Bertz CT molecular complexity index is 1020. The van der Waals surface area contributed by atoms with Crippen LogP contribution in [0, 0.1) is 6.92 Å². The first kappa shape index (κ1) is 20.3. The Hall–Kier alpha value is -2.94. The van der Waals surface area contributed by atoms with Crippen molar-refractivity contribution in [2.75, 3.05) is 20.7 Å². The first-order valence-corrected chi connectivity index (χ1v) is 10.5. The number of ether oxygens (including phenoxy) is 1. The lowest BCUT2D eigenvalue weighted by Crippen LogP contribution is -2.47. The number of para-hydroxylation sites is 2. The van der Waals surface area contributed by atoms with Crippen LogP contribution in [0.2, 0.25) is 0 Å². The molecular formula is C21H30N8O. The maximum atomic E-state index is 5.14. The average molecular weight is 411 g/mol. The van der Waals surface area contributed by atoms with Gasteiger partial charge in [-0.25, -0.2) is 14.6 Å². The highest BCUT2D eigenvalue weighted by Gasteiger charge is 2.22. The van der Waals surface area contributed by atoms with E-state index in [1.807, 2.05) is 17.8 Å².